The first-order valence-corrected chi connectivity index (χ1v) is 5.48. The molecule has 2 unspecified atom stereocenters. The monoisotopic (exact) mass is 196 g/mol. The third-order valence-corrected chi connectivity index (χ3v) is 3.04. The molecule has 1 N–H and O–H groups in total. The average Bonchev–Trinajstić information content (AvgIpc) is 2.01. The third-order valence-electron chi connectivity index (χ3n) is 3.04. The van der Waals surface area contributed by atoms with Gasteiger partial charge in [-0.2, -0.15) is 0 Å². The van der Waals surface area contributed by atoms with Crippen molar-refractivity contribution in [1.82, 2.24) is 5.32 Å². The summed E-state index contributed by atoms with van der Waals surface area (Å²) in [5, 5.41) is 3.25. The highest BCUT2D eigenvalue weighted by molar-refractivity contribution is 5.56. The van der Waals surface area contributed by atoms with Crippen LogP contribution < -0.4 is 5.32 Å². The molecule has 0 radical (unpaired) electrons. The summed E-state index contributed by atoms with van der Waals surface area (Å²) in [5.41, 5.74) is 0.583. The molecule has 82 valence electrons. The van der Waals surface area contributed by atoms with Crippen LogP contribution in [-0.4, -0.2) is 18.9 Å². The zero-order valence-electron chi connectivity index (χ0n) is 10.4. The van der Waals surface area contributed by atoms with E-state index in [-0.39, 0.29) is 5.41 Å². The molecule has 2 heteroatoms. The Labute approximate surface area is 88.2 Å². The van der Waals surface area contributed by atoms with E-state index in [1.165, 1.54) is 0 Å². The summed E-state index contributed by atoms with van der Waals surface area (Å²) in [6.45, 7) is 14.8. The number of hydrogen-bond donors (Lipinski definition) is 1. The summed E-state index contributed by atoms with van der Waals surface area (Å²) in [7, 11) is 0. The van der Waals surface area contributed by atoms with Crippen LogP contribution in [0.4, 0.5) is 0 Å². The van der Waals surface area contributed by atoms with E-state index in [4.69, 9.17) is 0 Å². The molecule has 14 heavy (non-hydrogen) atoms. The quantitative estimate of drug-likeness (QED) is 0.633. The lowest BCUT2D eigenvalue weighted by Gasteiger charge is -2.43. The maximum Gasteiger partial charge on any atom is 0.0827 e. The Morgan fingerprint density at radius 3 is 2.00 bits per heavy atom. The van der Waals surface area contributed by atoms with Gasteiger partial charge in [0, 0.05) is 12.5 Å². The highest BCUT2D eigenvalue weighted by Crippen LogP contribution is 2.38. The van der Waals surface area contributed by atoms with E-state index in [0.29, 0.717) is 17.4 Å². The average molecular weight is 196 g/mol. The van der Waals surface area contributed by atoms with Crippen molar-refractivity contribution in [3.8, 4) is 0 Å². The Bertz CT molecular complexity index is 217. The maximum absolute atomic E-state index is 4.61. The fourth-order valence-electron chi connectivity index (χ4n) is 2.14. The Morgan fingerprint density at radius 1 is 1.07 bits per heavy atom. The van der Waals surface area contributed by atoms with Crippen LogP contribution in [0.25, 0.3) is 0 Å². The predicted octanol–water partition coefficient (Wildman–Crippen LogP) is 2.69. The summed E-state index contributed by atoms with van der Waals surface area (Å²) in [6, 6.07) is 0.434. The molecule has 2 nitrogen and oxygen atoms in total. The largest absolute Gasteiger partial charge is 0.376 e. The minimum Gasteiger partial charge on any atom is -0.376 e. The van der Waals surface area contributed by atoms with Gasteiger partial charge in [0.25, 0.3) is 0 Å². The van der Waals surface area contributed by atoms with Gasteiger partial charge in [0.15, 0.2) is 0 Å². The van der Waals surface area contributed by atoms with Gasteiger partial charge in [-0.3, -0.25) is 4.99 Å². The highest BCUT2D eigenvalue weighted by Gasteiger charge is 2.39. The van der Waals surface area contributed by atoms with E-state index in [1.807, 2.05) is 6.34 Å². The second-order valence-electron chi connectivity index (χ2n) is 6.47. The highest BCUT2D eigenvalue weighted by atomic mass is 15.0. The van der Waals surface area contributed by atoms with Gasteiger partial charge >= 0.3 is 0 Å². The molecule has 1 rings (SSSR count). The third kappa shape index (κ3) is 2.49. The molecule has 2 atom stereocenters. The molecule has 0 saturated heterocycles. The van der Waals surface area contributed by atoms with Crippen LogP contribution in [0.1, 0.15) is 41.5 Å². The van der Waals surface area contributed by atoms with Gasteiger partial charge < -0.3 is 5.32 Å². The van der Waals surface area contributed by atoms with Crippen molar-refractivity contribution < 1.29 is 0 Å². The van der Waals surface area contributed by atoms with E-state index < -0.39 is 0 Å². The van der Waals surface area contributed by atoms with Gasteiger partial charge in [-0.25, -0.2) is 0 Å². The van der Waals surface area contributed by atoms with E-state index in [9.17, 15) is 0 Å². The zero-order valence-corrected chi connectivity index (χ0v) is 10.4. The van der Waals surface area contributed by atoms with E-state index in [0.717, 1.165) is 6.54 Å². The van der Waals surface area contributed by atoms with Crippen molar-refractivity contribution in [2.75, 3.05) is 6.54 Å². The normalized spacial score (nSPS) is 28.7. The summed E-state index contributed by atoms with van der Waals surface area (Å²) < 4.78 is 0. The number of aliphatic imine (C=N–C) groups is 1. The summed E-state index contributed by atoms with van der Waals surface area (Å²) >= 11 is 0. The van der Waals surface area contributed by atoms with E-state index in [1.54, 1.807) is 0 Å². The molecule has 0 amide bonds. The Hall–Kier alpha value is -0.530. The fourth-order valence-corrected chi connectivity index (χ4v) is 2.14. The molecule has 0 aromatic rings. The molecule has 0 saturated carbocycles. The van der Waals surface area contributed by atoms with Gasteiger partial charge in [0.05, 0.1) is 12.4 Å². The molecular formula is C12H24N2. The second-order valence-corrected chi connectivity index (χ2v) is 6.47. The Morgan fingerprint density at radius 2 is 1.64 bits per heavy atom. The lowest BCUT2D eigenvalue weighted by Crippen LogP contribution is -2.48. The van der Waals surface area contributed by atoms with Crippen molar-refractivity contribution in [1.29, 1.82) is 0 Å². The molecule has 1 heterocycles. The molecule has 1 aliphatic heterocycles. The standard InChI is InChI=1S/C12H24N2/c1-11(2,3)9-7-13-8-14-10(9)12(4,5)6/h8-10H,7H2,1-6H3,(H,13,14). The second kappa shape index (κ2) is 3.56. The van der Waals surface area contributed by atoms with Crippen LogP contribution in [0.5, 0.6) is 0 Å². The van der Waals surface area contributed by atoms with Gasteiger partial charge in [0.1, 0.15) is 0 Å². The van der Waals surface area contributed by atoms with Crippen molar-refractivity contribution >= 4 is 6.34 Å². The van der Waals surface area contributed by atoms with Gasteiger partial charge in [0.2, 0.25) is 0 Å². The first-order chi connectivity index (χ1) is 6.23. The Kier molecular flexibility index (Phi) is 2.93. The topological polar surface area (TPSA) is 24.4 Å². The van der Waals surface area contributed by atoms with Gasteiger partial charge in [-0.1, -0.05) is 41.5 Å². The predicted molar refractivity (Wildman–Crippen MR) is 62.7 cm³/mol. The zero-order chi connectivity index (χ0) is 11.0. The minimum atomic E-state index is 0.260. The molecule has 0 aromatic heterocycles. The smallest absolute Gasteiger partial charge is 0.0827 e. The number of rotatable bonds is 0. The molecule has 0 aromatic carbocycles. The molecule has 1 aliphatic rings. The van der Waals surface area contributed by atoms with Crippen molar-refractivity contribution in [3.63, 3.8) is 0 Å². The van der Waals surface area contributed by atoms with Crippen LogP contribution in [0.2, 0.25) is 0 Å². The lowest BCUT2D eigenvalue weighted by atomic mass is 9.68. The van der Waals surface area contributed by atoms with E-state index in [2.05, 4.69) is 51.9 Å². The molecule has 0 fully saturated rings. The van der Waals surface area contributed by atoms with Crippen LogP contribution in [0, 0.1) is 16.7 Å². The number of hydrogen-bond acceptors (Lipinski definition) is 2. The van der Waals surface area contributed by atoms with Crippen molar-refractivity contribution in [3.05, 3.63) is 0 Å². The Balaban J connectivity index is 2.90. The number of nitrogens with one attached hydrogen (secondary N) is 1. The summed E-state index contributed by atoms with van der Waals surface area (Å²) in [5.74, 6) is 0.618. The lowest BCUT2D eigenvalue weighted by molar-refractivity contribution is 0.127. The number of nitrogens with zero attached hydrogens (tertiary/aromatic N) is 1. The van der Waals surface area contributed by atoms with Crippen LogP contribution in [0.3, 0.4) is 0 Å². The van der Waals surface area contributed by atoms with Gasteiger partial charge in [-0.15, -0.1) is 0 Å². The summed E-state index contributed by atoms with van der Waals surface area (Å²) in [6.07, 6.45) is 1.87. The van der Waals surface area contributed by atoms with Gasteiger partial charge in [-0.05, 0) is 10.8 Å². The SMILES string of the molecule is CC(C)(C)C1CNC=NC1C(C)(C)C. The van der Waals surface area contributed by atoms with Crippen LogP contribution >= 0.6 is 0 Å². The first kappa shape index (κ1) is 11.5. The van der Waals surface area contributed by atoms with Crippen molar-refractivity contribution in [2.45, 2.75) is 47.6 Å². The van der Waals surface area contributed by atoms with Crippen LogP contribution in [-0.2, 0) is 0 Å². The molecule has 0 spiro atoms. The minimum absolute atomic E-state index is 0.260. The van der Waals surface area contributed by atoms with Crippen molar-refractivity contribution in [2.24, 2.45) is 21.7 Å². The first-order valence-electron chi connectivity index (χ1n) is 5.48. The van der Waals surface area contributed by atoms with Crippen LogP contribution in [0.15, 0.2) is 4.99 Å². The molecular weight excluding hydrogens is 172 g/mol. The van der Waals surface area contributed by atoms with E-state index >= 15 is 0 Å². The molecule has 0 aliphatic carbocycles. The molecule has 0 bridgehead atoms. The maximum atomic E-state index is 4.61. The summed E-state index contributed by atoms with van der Waals surface area (Å²) in [4.78, 5) is 4.61. The fraction of sp³-hybridized carbons (Fsp3) is 0.917.